The van der Waals surface area contributed by atoms with E-state index in [0.29, 0.717) is 27.9 Å². The van der Waals surface area contributed by atoms with Gasteiger partial charge in [0.25, 0.3) is 5.91 Å². The summed E-state index contributed by atoms with van der Waals surface area (Å²) in [5.74, 6) is -1.34. The average Bonchev–Trinajstić information content (AvgIpc) is 3.67. The van der Waals surface area contributed by atoms with E-state index in [1.165, 1.54) is 35.8 Å². The lowest BCUT2D eigenvalue weighted by Gasteiger charge is -2.25. The third-order valence-corrected chi connectivity index (χ3v) is 8.28. The second-order valence-corrected chi connectivity index (χ2v) is 11.8. The molecular weight excluding hydrogens is 538 g/mol. The zero-order valence-electron chi connectivity index (χ0n) is 23.2. The van der Waals surface area contributed by atoms with Crippen LogP contribution in [0.3, 0.4) is 0 Å². The van der Waals surface area contributed by atoms with E-state index in [1.807, 2.05) is 30.6 Å². The number of amides is 2. The minimum atomic E-state index is -1.21. The van der Waals surface area contributed by atoms with Gasteiger partial charge in [0, 0.05) is 40.7 Å². The molecule has 1 aliphatic carbocycles. The van der Waals surface area contributed by atoms with E-state index in [2.05, 4.69) is 20.2 Å². The van der Waals surface area contributed by atoms with Crippen LogP contribution < -0.4 is 16.4 Å². The van der Waals surface area contributed by atoms with Crippen molar-refractivity contribution in [3.63, 3.8) is 0 Å². The summed E-state index contributed by atoms with van der Waals surface area (Å²) in [4.78, 5) is 41.8. The van der Waals surface area contributed by atoms with Gasteiger partial charge in [-0.3, -0.25) is 9.59 Å². The number of fused-ring (bicyclic) bond motifs is 1. The molecule has 212 valence electrons. The van der Waals surface area contributed by atoms with Crippen molar-refractivity contribution < 1.29 is 19.5 Å². The number of carboxylic acid groups (broad SMARTS) is 1. The number of carbonyl (C=O) groups is 3. The molecule has 5 rings (SSSR count). The summed E-state index contributed by atoms with van der Waals surface area (Å²) >= 11 is 1.42. The van der Waals surface area contributed by atoms with E-state index in [9.17, 15) is 14.4 Å². The lowest BCUT2D eigenvalue weighted by atomic mass is 9.93. The number of nitrogen functional groups attached to an aromatic ring is 1. The van der Waals surface area contributed by atoms with Crippen molar-refractivity contribution in [2.24, 2.45) is 7.05 Å². The summed E-state index contributed by atoms with van der Waals surface area (Å²) in [5.41, 5.74) is 10.5. The van der Waals surface area contributed by atoms with Gasteiger partial charge in [-0.25, -0.2) is 9.78 Å². The molecule has 2 aromatic carbocycles. The van der Waals surface area contributed by atoms with Gasteiger partial charge in [0.1, 0.15) is 11.2 Å². The number of nitrogens with one attached hydrogen (secondary N) is 2. The quantitative estimate of drug-likeness (QED) is 0.198. The fourth-order valence-corrected chi connectivity index (χ4v) is 6.03. The molecule has 1 saturated carbocycles. The molecule has 0 bridgehead atoms. The van der Waals surface area contributed by atoms with E-state index in [0.717, 1.165) is 41.2 Å². The SMILES string of the molecule is Cn1c(-c2csc(N)n2)c(C2CCCC2)c2ccc(C(=O)NC(C)(C)C(=O)Nc3ccc(/C=C/C(=O)O)cc3)cc21. The zero-order valence-corrected chi connectivity index (χ0v) is 24.0. The fraction of sp³-hybridized carbons (Fsp3) is 0.290. The number of nitrogens with two attached hydrogens (primary N) is 1. The second kappa shape index (κ2) is 11.2. The van der Waals surface area contributed by atoms with Gasteiger partial charge < -0.3 is 26.0 Å². The van der Waals surface area contributed by atoms with Gasteiger partial charge in [0.15, 0.2) is 5.13 Å². The molecule has 0 saturated heterocycles. The van der Waals surface area contributed by atoms with E-state index in [-0.39, 0.29) is 11.8 Å². The van der Waals surface area contributed by atoms with Gasteiger partial charge in [-0.05, 0) is 74.1 Å². The number of aromatic nitrogens is 2. The predicted octanol–water partition coefficient (Wildman–Crippen LogP) is 5.79. The van der Waals surface area contributed by atoms with E-state index >= 15 is 0 Å². The third kappa shape index (κ3) is 5.88. The highest BCUT2D eigenvalue weighted by Crippen LogP contribution is 2.44. The van der Waals surface area contributed by atoms with Gasteiger partial charge in [0.2, 0.25) is 5.91 Å². The number of aliphatic carboxylic acids is 1. The Bertz CT molecular complexity index is 1660. The predicted molar refractivity (Wildman–Crippen MR) is 163 cm³/mol. The molecule has 0 atom stereocenters. The minimum absolute atomic E-state index is 0.357. The molecule has 0 unspecified atom stereocenters. The Morgan fingerprint density at radius 3 is 2.46 bits per heavy atom. The standard InChI is InChI=1S/C31H33N5O4S/c1-31(2,29(40)33-21-12-8-18(9-13-21)10-15-25(37)38)35-28(39)20-11-14-22-24(16-20)36(3)27(23-17-41-30(32)34-23)26(22)19-6-4-5-7-19/h8-17,19H,4-7H2,1-3H3,(H2,32,34)(H,33,40)(H,35,39)(H,37,38)/b15-10+. The molecular formula is C31H33N5O4S. The first-order valence-electron chi connectivity index (χ1n) is 13.5. The maximum atomic E-state index is 13.4. The highest BCUT2D eigenvalue weighted by Gasteiger charge is 2.31. The number of thiazole rings is 1. The summed E-state index contributed by atoms with van der Waals surface area (Å²) in [5, 5.41) is 18.1. The summed E-state index contributed by atoms with van der Waals surface area (Å²) in [6.07, 6.45) is 7.16. The molecule has 4 aromatic rings. The van der Waals surface area contributed by atoms with Gasteiger partial charge in [0.05, 0.1) is 5.69 Å². The number of carbonyl (C=O) groups excluding carboxylic acids is 2. The third-order valence-electron chi connectivity index (χ3n) is 7.61. The van der Waals surface area contributed by atoms with Crippen LogP contribution in [0.25, 0.3) is 28.4 Å². The van der Waals surface area contributed by atoms with E-state index in [4.69, 9.17) is 10.8 Å². The Labute approximate surface area is 242 Å². The molecule has 10 heteroatoms. The van der Waals surface area contributed by atoms with Crippen molar-refractivity contribution in [3.8, 4) is 11.4 Å². The van der Waals surface area contributed by atoms with E-state index in [1.54, 1.807) is 38.1 Å². The average molecular weight is 572 g/mol. The molecule has 5 N–H and O–H groups in total. The number of hydrogen-bond donors (Lipinski definition) is 4. The number of carboxylic acids is 1. The Morgan fingerprint density at radius 1 is 1.12 bits per heavy atom. The van der Waals surface area contributed by atoms with Crippen molar-refractivity contribution in [3.05, 3.63) is 70.6 Å². The molecule has 0 spiro atoms. The van der Waals surface area contributed by atoms with Gasteiger partial charge in [-0.2, -0.15) is 0 Å². The molecule has 0 aliphatic heterocycles. The van der Waals surface area contributed by atoms with Crippen LogP contribution in [0.15, 0.2) is 53.9 Å². The Balaban J connectivity index is 1.37. The Kier molecular flexibility index (Phi) is 7.68. The molecule has 1 aliphatic rings. The van der Waals surface area contributed by atoms with Crippen molar-refractivity contribution in [2.75, 3.05) is 11.1 Å². The number of nitrogens with zero attached hydrogens (tertiary/aromatic N) is 2. The summed E-state index contributed by atoms with van der Waals surface area (Å²) in [7, 11) is 1.99. The van der Waals surface area contributed by atoms with Gasteiger partial charge in [-0.1, -0.05) is 31.0 Å². The summed E-state index contributed by atoms with van der Waals surface area (Å²) in [6.45, 7) is 3.29. The molecule has 1 fully saturated rings. The molecule has 0 radical (unpaired) electrons. The largest absolute Gasteiger partial charge is 0.478 e. The highest BCUT2D eigenvalue weighted by atomic mass is 32.1. The Morgan fingerprint density at radius 2 is 1.83 bits per heavy atom. The number of aryl methyl sites for hydroxylation is 1. The topological polar surface area (TPSA) is 139 Å². The van der Waals surface area contributed by atoms with Crippen molar-refractivity contribution in [1.29, 1.82) is 0 Å². The van der Waals surface area contributed by atoms with Crippen LogP contribution in [0.1, 0.15) is 66.9 Å². The molecule has 9 nitrogen and oxygen atoms in total. The lowest BCUT2D eigenvalue weighted by Crippen LogP contribution is -2.52. The van der Waals surface area contributed by atoms with Crippen LogP contribution in [0.2, 0.25) is 0 Å². The van der Waals surface area contributed by atoms with Crippen LogP contribution in [-0.2, 0) is 16.6 Å². The Hall–Kier alpha value is -4.44. The first-order valence-corrected chi connectivity index (χ1v) is 14.4. The second-order valence-electron chi connectivity index (χ2n) is 10.9. The van der Waals surface area contributed by atoms with Crippen LogP contribution in [0, 0.1) is 0 Å². The van der Waals surface area contributed by atoms with Crippen LogP contribution in [0.4, 0.5) is 10.8 Å². The number of hydrogen-bond acceptors (Lipinski definition) is 6. The smallest absolute Gasteiger partial charge is 0.328 e. The minimum Gasteiger partial charge on any atom is -0.478 e. The normalized spacial score (nSPS) is 14.1. The van der Waals surface area contributed by atoms with E-state index < -0.39 is 11.5 Å². The van der Waals surface area contributed by atoms with Crippen LogP contribution in [-0.4, -0.2) is 38.0 Å². The van der Waals surface area contributed by atoms with Crippen molar-refractivity contribution >= 4 is 56.9 Å². The molecule has 2 heterocycles. The van der Waals surface area contributed by atoms with Gasteiger partial charge in [-0.15, -0.1) is 11.3 Å². The summed E-state index contributed by atoms with van der Waals surface area (Å²) in [6, 6.07) is 12.4. The monoisotopic (exact) mass is 571 g/mol. The van der Waals surface area contributed by atoms with Crippen LogP contribution in [0.5, 0.6) is 0 Å². The molecule has 2 aromatic heterocycles. The van der Waals surface area contributed by atoms with Gasteiger partial charge >= 0.3 is 5.97 Å². The summed E-state index contributed by atoms with van der Waals surface area (Å²) < 4.78 is 2.10. The highest BCUT2D eigenvalue weighted by molar-refractivity contribution is 7.13. The van der Waals surface area contributed by atoms with Crippen molar-refractivity contribution in [1.82, 2.24) is 14.9 Å². The van der Waals surface area contributed by atoms with Crippen LogP contribution >= 0.6 is 11.3 Å². The fourth-order valence-electron chi connectivity index (χ4n) is 5.49. The number of anilines is 2. The lowest BCUT2D eigenvalue weighted by molar-refractivity contribution is -0.131. The number of benzene rings is 2. The molecule has 2 amide bonds. The van der Waals surface area contributed by atoms with Crippen molar-refractivity contribution in [2.45, 2.75) is 51.0 Å². The molecule has 41 heavy (non-hydrogen) atoms. The first-order chi connectivity index (χ1) is 19.5. The number of rotatable bonds is 8. The zero-order chi connectivity index (χ0) is 29.3. The first kappa shape index (κ1) is 28.1. The maximum Gasteiger partial charge on any atom is 0.328 e. The maximum absolute atomic E-state index is 13.4.